The summed E-state index contributed by atoms with van der Waals surface area (Å²) in [5.74, 6) is 0.437. The lowest BCUT2D eigenvalue weighted by atomic mass is 10.1. The Kier molecular flexibility index (Phi) is 3.80. The van der Waals surface area contributed by atoms with Crippen molar-refractivity contribution in [1.29, 1.82) is 0 Å². The molecule has 0 bridgehead atoms. The third-order valence-corrected chi connectivity index (χ3v) is 4.49. The minimum atomic E-state index is 0.0281. The molecule has 2 atom stereocenters. The number of aromatic nitrogens is 3. The summed E-state index contributed by atoms with van der Waals surface area (Å²) in [6, 6.07) is 7.53. The summed E-state index contributed by atoms with van der Waals surface area (Å²) in [5, 5.41) is 11.2. The minimum absolute atomic E-state index is 0.0281. The van der Waals surface area contributed by atoms with Gasteiger partial charge in [-0.2, -0.15) is 15.0 Å². The van der Waals surface area contributed by atoms with Crippen molar-refractivity contribution in [2.45, 2.75) is 27.7 Å². The van der Waals surface area contributed by atoms with Crippen LogP contribution in [0.1, 0.15) is 27.7 Å². The van der Waals surface area contributed by atoms with Crippen LogP contribution in [0.15, 0.2) is 48.3 Å². The number of rotatable bonds is 4. The smallest absolute Gasteiger partial charge is 0.228 e. The first-order valence-corrected chi connectivity index (χ1v) is 7.82. The van der Waals surface area contributed by atoms with Gasteiger partial charge in [-0.1, -0.05) is 25.5 Å². The minimum Gasteiger partial charge on any atom is -0.326 e. The summed E-state index contributed by atoms with van der Waals surface area (Å²) < 4.78 is 0. The van der Waals surface area contributed by atoms with Gasteiger partial charge in [0.05, 0.1) is 24.0 Å². The third kappa shape index (κ3) is 3.04. The van der Waals surface area contributed by atoms with E-state index in [2.05, 4.69) is 49.3 Å². The fraction of sp³-hybridized carbons (Fsp3) is 0.389. The maximum Gasteiger partial charge on any atom is 0.228 e. The van der Waals surface area contributed by atoms with Crippen LogP contribution in [0.25, 0.3) is 5.69 Å². The van der Waals surface area contributed by atoms with Gasteiger partial charge >= 0.3 is 0 Å². The average Bonchev–Trinajstić information content (AvgIpc) is 2.88. The number of carbonyl (C=O) groups is 1. The molecule has 23 heavy (non-hydrogen) atoms. The second-order valence-corrected chi connectivity index (χ2v) is 6.92. The second kappa shape index (κ2) is 5.65. The first kappa shape index (κ1) is 15.5. The van der Waals surface area contributed by atoms with Crippen LogP contribution in [0.5, 0.6) is 0 Å². The Labute approximate surface area is 136 Å². The Hall–Kier alpha value is -2.43. The Bertz CT molecular complexity index is 725. The van der Waals surface area contributed by atoms with Crippen LogP contribution in [-0.4, -0.2) is 20.9 Å². The third-order valence-electron chi connectivity index (χ3n) is 4.49. The molecule has 1 aromatic heterocycles. The number of anilines is 1. The topological polar surface area (TPSA) is 59.8 Å². The normalized spacial score (nSPS) is 21.6. The van der Waals surface area contributed by atoms with Crippen molar-refractivity contribution >= 4 is 11.6 Å². The molecule has 2 aromatic rings. The van der Waals surface area contributed by atoms with Crippen LogP contribution < -0.4 is 5.32 Å². The fourth-order valence-corrected chi connectivity index (χ4v) is 3.10. The number of carbonyl (C=O) groups excluding carboxylic acids is 1. The van der Waals surface area contributed by atoms with Crippen molar-refractivity contribution in [2.75, 3.05) is 5.32 Å². The highest BCUT2D eigenvalue weighted by molar-refractivity contribution is 5.95. The zero-order chi connectivity index (χ0) is 16.6. The SMILES string of the molecule is CC(C)=C[C@@H]1[C@H](C(=O)Nc2ccc(-n3nccn3)cc2)C1(C)C. The Morgan fingerprint density at radius 3 is 2.35 bits per heavy atom. The van der Waals surface area contributed by atoms with Gasteiger partial charge in [0.1, 0.15) is 0 Å². The van der Waals surface area contributed by atoms with E-state index in [0.29, 0.717) is 5.92 Å². The zero-order valence-electron chi connectivity index (χ0n) is 13.9. The van der Waals surface area contributed by atoms with E-state index in [4.69, 9.17) is 0 Å². The molecule has 0 saturated heterocycles. The van der Waals surface area contributed by atoms with Crippen molar-refractivity contribution in [3.63, 3.8) is 0 Å². The molecule has 1 heterocycles. The summed E-state index contributed by atoms with van der Waals surface area (Å²) in [6.45, 7) is 8.44. The molecule has 1 aromatic carbocycles. The number of nitrogens with one attached hydrogen (secondary N) is 1. The molecule has 1 fully saturated rings. The van der Waals surface area contributed by atoms with Crippen LogP contribution in [0, 0.1) is 17.3 Å². The van der Waals surface area contributed by atoms with Crippen LogP contribution in [0.2, 0.25) is 0 Å². The molecule has 0 unspecified atom stereocenters. The molecule has 3 rings (SSSR count). The molecule has 1 amide bonds. The molecule has 0 radical (unpaired) electrons. The van der Waals surface area contributed by atoms with E-state index in [-0.39, 0.29) is 17.2 Å². The van der Waals surface area contributed by atoms with E-state index < -0.39 is 0 Å². The first-order chi connectivity index (χ1) is 10.9. The lowest BCUT2D eigenvalue weighted by Gasteiger charge is -2.07. The molecule has 0 aliphatic heterocycles. The van der Waals surface area contributed by atoms with Crippen molar-refractivity contribution in [3.8, 4) is 5.69 Å². The van der Waals surface area contributed by atoms with Crippen LogP contribution >= 0.6 is 0 Å². The Morgan fingerprint density at radius 2 is 1.78 bits per heavy atom. The highest BCUT2D eigenvalue weighted by Gasteiger charge is 2.60. The van der Waals surface area contributed by atoms with Gasteiger partial charge in [-0.05, 0) is 49.4 Å². The maximum absolute atomic E-state index is 12.5. The number of hydrogen-bond acceptors (Lipinski definition) is 3. The van der Waals surface area contributed by atoms with Gasteiger partial charge in [-0.15, -0.1) is 0 Å². The van der Waals surface area contributed by atoms with Gasteiger partial charge in [0, 0.05) is 5.69 Å². The molecule has 1 N–H and O–H groups in total. The first-order valence-electron chi connectivity index (χ1n) is 7.82. The monoisotopic (exact) mass is 310 g/mol. The second-order valence-electron chi connectivity index (χ2n) is 6.92. The lowest BCUT2D eigenvalue weighted by molar-refractivity contribution is -0.118. The summed E-state index contributed by atoms with van der Waals surface area (Å²) in [7, 11) is 0. The van der Waals surface area contributed by atoms with Crippen LogP contribution in [-0.2, 0) is 4.79 Å². The molecular formula is C18H22N4O. The molecule has 5 heteroatoms. The standard InChI is InChI=1S/C18H22N4O/c1-12(2)11-15-16(18(15,3)4)17(23)21-13-5-7-14(8-6-13)22-19-9-10-20-22/h5-11,15-16H,1-4H3,(H,21,23)/t15-,16-/m1/s1. The van der Waals surface area contributed by atoms with E-state index in [1.54, 1.807) is 17.2 Å². The molecule has 5 nitrogen and oxygen atoms in total. The number of amides is 1. The Morgan fingerprint density at radius 1 is 1.17 bits per heavy atom. The van der Waals surface area contributed by atoms with E-state index in [1.165, 1.54) is 5.57 Å². The molecule has 120 valence electrons. The predicted molar refractivity (Wildman–Crippen MR) is 90.2 cm³/mol. The Balaban J connectivity index is 1.68. The summed E-state index contributed by atoms with van der Waals surface area (Å²) in [6.07, 6.45) is 5.47. The quantitative estimate of drug-likeness (QED) is 0.880. The lowest BCUT2D eigenvalue weighted by Crippen LogP contribution is -2.16. The van der Waals surface area contributed by atoms with E-state index in [0.717, 1.165) is 11.4 Å². The average molecular weight is 310 g/mol. The summed E-state index contributed by atoms with van der Waals surface area (Å²) in [4.78, 5) is 14.1. The largest absolute Gasteiger partial charge is 0.326 e. The molecule has 1 aliphatic rings. The van der Waals surface area contributed by atoms with Crippen LogP contribution in [0.3, 0.4) is 0 Å². The number of hydrogen-bond donors (Lipinski definition) is 1. The van der Waals surface area contributed by atoms with Gasteiger partial charge in [0.25, 0.3) is 0 Å². The fourth-order valence-electron chi connectivity index (χ4n) is 3.10. The molecule has 1 saturated carbocycles. The number of benzene rings is 1. The highest BCUT2D eigenvalue weighted by atomic mass is 16.2. The van der Waals surface area contributed by atoms with Crippen molar-refractivity contribution in [3.05, 3.63) is 48.3 Å². The van der Waals surface area contributed by atoms with E-state index in [1.807, 2.05) is 24.3 Å². The number of nitrogens with zero attached hydrogens (tertiary/aromatic N) is 3. The van der Waals surface area contributed by atoms with Crippen molar-refractivity contribution < 1.29 is 4.79 Å². The van der Waals surface area contributed by atoms with Gasteiger partial charge in [-0.25, -0.2) is 0 Å². The van der Waals surface area contributed by atoms with Gasteiger partial charge < -0.3 is 5.32 Å². The summed E-state index contributed by atoms with van der Waals surface area (Å²) in [5.41, 5.74) is 2.95. The summed E-state index contributed by atoms with van der Waals surface area (Å²) >= 11 is 0. The van der Waals surface area contributed by atoms with Crippen molar-refractivity contribution in [1.82, 2.24) is 15.0 Å². The van der Waals surface area contributed by atoms with Crippen molar-refractivity contribution in [2.24, 2.45) is 17.3 Å². The van der Waals surface area contributed by atoms with Crippen LogP contribution in [0.4, 0.5) is 5.69 Å². The zero-order valence-corrected chi connectivity index (χ0v) is 13.9. The number of allylic oxidation sites excluding steroid dienone is 2. The van der Waals surface area contributed by atoms with E-state index >= 15 is 0 Å². The highest BCUT2D eigenvalue weighted by Crippen LogP contribution is 2.59. The van der Waals surface area contributed by atoms with Gasteiger partial charge in [0.15, 0.2) is 0 Å². The predicted octanol–water partition coefficient (Wildman–Crippen LogP) is 3.44. The van der Waals surface area contributed by atoms with Gasteiger partial charge in [-0.3, -0.25) is 4.79 Å². The molecular weight excluding hydrogens is 288 g/mol. The molecule has 0 spiro atoms. The molecule has 1 aliphatic carbocycles. The van der Waals surface area contributed by atoms with Gasteiger partial charge in [0.2, 0.25) is 5.91 Å². The maximum atomic E-state index is 12.5. The van der Waals surface area contributed by atoms with E-state index in [9.17, 15) is 4.79 Å².